The van der Waals surface area contributed by atoms with Gasteiger partial charge in [-0.2, -0.15) is 0 Å². The van der Waals surface area contributed by atoms with Crippen LogP contribution in [0.1, 0.15) is 22.8 Å². The highest BCUT2D eigenvalue weighted by Crippen LogP contribution is 2.17. The molecule has 6 heteroatoms. The molecule has 3 aromatic carbocycles. The van der Waals surface area contributed by atoms with Crippen LogP contribution in [-0.4, -0.2) is 25.5 Å². The molecule has 0 aliphatic carbocycles. The maximum Gasteiger partial charge on any atom is 0.272 e. The summed E-state index contributed by atoms with van der Waals surface area (Å²) in [5.74, 6) is 0.601. The van der Waals surface area contributed by atoms with E-state index in [4.69, 9.17) is 9.47 Å². The van der Waals surface area contributed by atoms with Crippen LogP contribution < -0.4 is 20.1 Å². The fourth-order valence-corrected chi connectivity index (χ4v) is 2.81. The Bertz CT molecular complexity index is 1040. The summed E-state index contributed by atoms with van der Waals surface area (Å²) in [6, 6.07) is 22.9. The monoisotopic (exact) mass is 416 g/mol. The minimum Gasteiger partial charge on any atom is -0.497 e. The molecule has 6 nitrogen and oxygen atoms in total. The maximum absolute atomic E-state index is 13.0. The average Bonchev–Trinajstić information content (AvgIpc) is 2.81. The number of amides is 2. The van der Waals surface area contributed by atoms with E-state index in [9.17, 15) is 9.59 Å². The second-order valence-corrected chi connectivity index (χ2v) is 6.56. The van der Waals surface area contributed by atoms with Gasteiger partial charge in [0.05, 0.1) is 13.7 Å². The van der Waals surface area contributed by atoms with Crippen LogP contribution in [-0.2, 0) is 4.79 Å². The van der Waals surface area contributed by atoms with Crippen LogP contribution in [0.15, 0.2) is 84.6 Å². The molecular formula is C25H24N2O4. The fraction of sp³-hybridized carbons (Fsp3) is 0.120. The van der Waals surface area contributed by atoms with Gasteiger partial charge in [-0.3, -0.25) is 9.59 Å². The number of hydrogen-bond acceptors (Lipinski definition) is 4. The number of carbonyl (C=O) groups is 2. The second-order valence-electron chi connectivity index (χ2n) is 6.56. The van der Waals surface area contributed by atoms with Gasteiger partial charge >= 0.3 is 0 Å². The molecule has 0 saturated heterocycles. The zero-order valence-electron chi connectivity index (χ0n) is 17.4. The summed E-state index contributed by atoms with van der Waals surface area (Å²) >= 11 is 0. The third-order valence-corrected chi connectivity index (χ3v) is 4.38. The first kappa shape index (κ1) is 21.6. The summed E-state index contributed by atoms with van der Waals surface area (Å²) in [5, 5.41) is 5.52. The zero-order chi connectivity index (χ0) is 22.1. The minimum absolute atomic E-state index is 0.119. The van der Waals surface area contributed by atoms with Crippen molar-refractivity contribution >= 4 is 23.6 Å². The van der Waals surface area contributed by atoms with Crippen LogP contribution in [0.2, 0.25) is 0 Å². The highest BCUT2D eigenvalue weighted by Gasteiger charge is 2.15. The van der Waals surface area contributed by atoms with Crippen molar-refractivity contribution in [3.05, 3.63) is 95.7 Å². The van der Waals surface area contributed by atoms with Gasteiger partial charge in [-0.1, -0.05) is 30.3 Å². The molecule has 0 aromatic heterocycles. The standard InChI is InChI=1S/C25H24N2O4/c1-3-31-22-13-9-18(10-14-22)17-23(27-24(28)19-7-5-4-6-8-19)25(29)26-20-11-15-21(30-2)16-12-20/h4-17H,3H2,1-2H3,(H,26,29)(H,27,28)/b23-17+. The van der Waals surface area contributed by atoms with Crippen LogP contribution in [0.4, 0.5) is 5.69 Å². The molecule has 2 N–H and O–H groups in total. The van der Waals surface area contributed by atoms with E-state index in [0.717, 1.165) is 11.3 Å². The number of anilines is 1. The van der Waals surface area contributed by atoms with E-state index in [1.54, 1.807) is 61.7 Å². The predicted octanol–water partition coefficient (Wildman–Crippen LogP) is 4.50. The lowest BCUT2D eigenvalue weighted by atomic mass is 10.1. The first-order valence-electron chi connectivity index (χ1n) is 9.85. The Morgan fingerprint density at radius 1 is 0.871 bits per heavy atom. The molecule has 0 fully saturated rings. The molecule has 0 heterocycles. The van der Waals surface area contributed by atoms with Gasteiger partial charge in [0, 0.05) is 11.3 Å². The summed E-state index contributed by atoms with van der Waals surface area (Å²) in [4.78, 5) is 25.6. The van der Waals surface area contributed by atoms with Gasteiger partial charge in [0.2, 0.25) is 0 Å². The molecule has 158 valence electrons. The van der Waals surface area contributed by atoms with Crippen molar-refractivity contribution in [2.75, 3.05) is 19.0 Å². The molecule has 0 aliphatic heterocycles. The van der Waals surface area contributed by atoms with E-state index in [0.29, 0.717) is 23.6 Å². The van der Waals surface area contributed by atoms with Gasteiger partial charge < -0.3 is 20.1 Å². The summed E-state index contributed by atoms with van der Waals surface area (Å²) in [6.45, 7) is 2.48. The van der Waals surface area contributed by atoms with Crippen molar-refractivity contribution in [1.29, 1.82) is 0 Å². The summed E-state index contributed by atoms with van der Waals surface area (Å²) < 4.78 is 10.6. The van der Waals surface area contributed by atoms with Crippen LogP contribution in [0, 0.1) is 0 Å². The third-order valence-electron chi connectivity index (χ3n) is 4.38. The summed E-state index contributed by atoms with van der Waals surface area (Å²) in [5.41, 5.74) is 1.90. The van der Waals surface area contributed by atoms with Crippen molar-refractivity contribution in [1.82, 2.24) is 5.32 Å². The number of carbonyl (C=O) groups excluding carboxylic acids is 2. The Kier molecular flexibility index (Phi) is 7.43. The Hall–Kier alpha value is -4.06. The molecule has 0 aliphatic rings. The van der Waals surface area contributed by atoms with Gasteiger partial charge in [-0.05, 0) is 67.1 Å². The highest BCUT2D eigenvalue weighted by molar-refractivity contribution is 6.10. The van der Waals surface area contributed by atoms with Gasteiger partial charge in [-0.25, -0.2) is 0 Å². The van der Waals surface area contributed by atoms with E-state index < -0.39 is 5.91 Å². The Balaban J connectivity index is 1.84. The van der Waals surface area contributed by atoms with Crippen LogP contribution in [0.5, 0.6) is 11.5 Å². The van der Waals surface area contributed by atoms with Gasteiger partial charge in [0.25, 0.3) is 11.8 Å². The number of benzene rings is 3. The molecule has 0 unspecified atom stereocenters. The van der Waals surface area contributed by atoms with E-state index in [2.05, 4.69) is 10.6 Å². The predicted molar refractivity (Wildman–Crippen MR) is 121 cm³/mol. The van der Waals surface area contributed by atoms with Crippen LogP contribution in [0.3, 0.4) is 0 Å². The third kappa shape index (κ3) is 6.21. The molecule has 31 heavy (non-hydrogen) atoms. The number of methoxy groups -OCH3 is 1. The minimum atomic E-state index is -0.441. The van der Waals surface area contributed by atoms with Gasteiger partial charge in [0.1, 0.15) is 17.2 Å². The molecule has 0 atom stereocenters. The lowest BCUT2D eigenvalue weighted by Crippen LogP contribution is -2.30. The Morgan fingerprint density at radius 2 is 1.52 bits per heavy atom. The summed E-state index contributed by atoms with van der Waals surface area (Å²) in [6.07, 6.45) is 1.62. The lowest BCUT2D eigenvalue weighted by Gasteiger charge is -2.12. The van der Waals surface area contributed by atoms with E-state index in [1.807, 2.05) is 37.3 Å². The van der Waals surface area contributed by atoms with Crippen molar-refractivity contribution in [3.8, 4) is 11.5 Å². The molecular weight excluding hydrogens is 392 g/mol. The van der Waals surface area contributed by atoms with Crippen molar-refractivity contribution in [2.45, 2.75) is 6.92 Å². The lowest BCUT2D eigenvalue weighted by molar-refractivity contribution is -0.113. The van der Waals surface area contributed by atoms with Crippen LogP contribution in [0.25, 0.3) is 6.08 Å². The molecule has 0 saturated carbocycles. The van der Waals surface area contributed by atoms with Crippen molar-refractivity contribution in [3.63, 3.8) is 0 Å². The maximum atomic E-state index is 13.0. The Labute approximate surface area is 181 Å². The fourth-order valence-electron chi connectivity index (χ4n) is 2.81. The summed E-state index contributed by atoms with van der Waals surface area (Å²) in [7, 11) is 1.57. The van der Waals surface area contributed by atoms with E-state index >= 15 is 0 Å². The van der Waals surface area contributed by atoms with Gasteiger partial charge in [0.15, 0.2) is 0 Å². The first-order valence-corrected chi connectivity index (χ1v) is 9.85. The highest BCUT2D eigenvalue weighted by atomic mass is 16.5. The zero-order valence-corrected chi connectivity index (χ0v) is 17.4. The smallest absolute Gasteiger partial charge is 0.272 e. The molecule has 0 bridgehead atoms. The average molecular weight is 416 g/mol. The molecule has 0 radical (unpaired) electrons. The second kappa shape index (κ2) is 10.6. The van der Waals surface area contributed by atoms with E-state index in [-0.39, 0.29) is 11.6 Å². The largest absolute Gasteiger partial charge is 0.497 e. The molecule has 3 rings (SSSR count). The molecule has 3 aromatic rings. The number of hydrogen-bond donors (Lipinski definition) is 2. The SMILES string of the molecule is CCOc1ccc(/C=C(/NC(=O)c2ccccc2)C(=O)Nc2ccc(OC)cc2)cc1. The molecule has 0 spiro atoms. The number of nitrogens with one attached hydrogen (secondary N) is 2. The van der Waals surface area contributed by atoms with Crippen LogP contribution >= 0.6 is 0 Å². The molecule has 2 amide bonds. The number of ether oxygens (including phenoxy) is 2. The van der Waals surface area contributed by atoms with Crippen molar-refractivity contribution in [2.24, 2.45) is 0 Å². The first-order chi connectivity index (χ1) is 15.1. The van der Waals surface area contributed by atoms with E-state index in [1.165, 1.54) is 0 Å². The normalized spacial score (nSPS) is 10.8. The topological polar surface area (TPSA) is 76.7 Å². The van der Waals surface area contributed by atoms with Gasteiger partial charge in [-0.15, -0.1) is 0 Å². The number of rotatable bonds is 8. The van der Waals surface area contributed by atoms with Crippen molar-refractivity contribution < 1.29 is 19.1 Å². The Morgan fingerprint density at radius 3 is 2.13 bits per heavy atom. The quantitative estimate of drug-likeness (QED) is 0.530.